The smallest absolute Gasteiger partial charge is 0.252 e. The monoisotopic (exact) mass is 218 g/mol. The van der Waals surface area contributed by atoms with Crippen LogP contribution in [0, 0.1) is 6.92 Å². The fourth-order valence-corrected chi connectivity index (χ4v) is 2.33. The van der Waals surface area contributed by atoms with E-state index in [2.05, 4.69) is 10.6 Å². The number of benzene rings is 1. The highest BCUT2D eigenvalue weighted by molar-refractivity contribution is 6.07. The van der Waals surface area contributed by atoms with Gasteiger partial charge < -0.3 is 15.4 Å². The highest BCUT2D eigenvalue weighted by Gasteiger charge is 2.45. The molecule has 0 radical (unpaired) electrons. The van der Waals surface area contributed by atoms with E-state index in [1.807, 2.05) is 25.1 Å². The minimum Gasteiger partial charge on any atom is -0.378 e. The van der Waals surface area contributed by atoms with Crippen LogP contribution in [0.1, 0.15) is 12.0 Å². The molecule has 0 bridgehead atoms. The summed E-state index contributed by atoms with van der Waals surface area (Å²) >= 11 is 0. The number of para-hydroxylation sites is 1. The Morgan fingerprint density at radius 2 is 2.31 bits per heavy atom. The molecule has 2 heterocycles. The Morgan fingerprint density at radius 3 is 3.06 bits per heavy atom. The fourth-order valence-electron chi connectivity index (χ4n) is 2.33. The zero-order chi connectivity index (χ0) is 11.2. The Kier molecular flexibility index (Phi) is 1.94. The molecule has 1 aromatic rings. The first-order chi connectivity index (χ1) is 7.71. The minimum absolute atomic E-state index is 0.0202. The lowest BCUT2D eigenvalue weighted by Gasteiger charge is -2.35. The largest absolute Gasteiger partial charge is 0.378 e. The van der Waals surface area contributed by atoms with E-state index in [-0.39, 0.29) is 5.91 Å². The van der Waals surface area contributed by atoms with Crippen LogP contribution in [0.3, 0.4) is 0 Å². The quantitative estimate of drug-likeness (QED) is 0.694. The van der Waals surface area contributed by atoms with Gasteiger partial charge in [-0.1, -0.05) is 12.1 Å². The first kappa shape index (κ1) is 9.66. The number of nitrogens with one attached hydrogen (secondary N) is 2. The van der Waals surface area contributed by atoms with Gasteiger partial charge in [-0.05, 0) is 18.6 Å². The molecule has 4 nitrogen and oxygen atoms in total. The maximum atomic E-state index is 12.1. The number of carbonyl (C=O) groups excluding carboxylic acids is 1. The van der Waals surface area contributed by atoms with Crippen molar-refractivity contribution in [1.82, 2.24) is 0 Å². The first-order valence-electron chi connectivity index (χ1n) is 5.48. The highest BCUT2D eigenvalue weighted by atomic mass is 16.5. The van der Waals surface area contributed by atoms with Gasteiger partial charge in [-0.3, -0.25) is 4.79 Å². The predicted molar refractivity (Wildman–Crippen MR) is 61.6 cm³/mol. The lowest BCUT2D eigenvalue weighted by atomic mass is 9.93. The van der Waals surface area contributed by atoms with Crippen LogP contribution in [0.15, 0.2) is 18.2 Å². The van der Waals surface area contributed by atoms with Gasteiger partial charge in [0.15, 0.2) is 0 Å². The molecule has 1 unspecified atom stereocenters. The van der Waals surface area contributed by atoms with E-state index < -0.39 is 5.54 Å². The second kappa shape index (κ2) is 3.22. The Bertz CT molecular complexity index is 450. The molecule has 1 atom stereocenters. The van der Waals surface area contributed by atoms with Crippen molar-refractivity contribution in [3.05, 3.63) is 23.8 Å². The number of carbonyl (C=O) groups is 1. The van der Waals surface area contributed by atoms with Gasteiger partial charge in [0.1, 0.15) is 5.54 Å². The van der Waals surface area contributed by atoms with E-state index in [0.717, 1.165) is 23.4 Å². The van der Waals surface area contributed by atoms with Crippen LogP contribution in [-0.2, 0) is 9.53 Å². The number of ether oxygens (including phenoxy) is 1. The van der Waals surface area contributed by atoms with Crippen molar-refractivity contribution >= 4 is 17.3 Å². The van der Waals surface area contributed by atoms with E-state index in [0.29, 0.717) is 13.2 Å². The molecular weight excluding hydrogens is 204 g/mol. The van der Waals surface area contributed by atoms with Crippen molar-refractivity contribution < 1.29 is 9.53 Å². The fraction of sp³-hybridized carbons (Fsp3) is 0.417. The van der Waals surface area contributed by atoms with E-state index in [4.69, 9.17) is 4.74 Å². The van der Waals surface area contributed by atoms with Crippen molar-refractivity contribution in [3.63, 3.8) is 0 Å². The molecule has 2 aliphatic rings. The third-order valence-electron chi connectivity index (χ3n) is 3.34. The molecule has 1 aromatic carbocycles. The van der Waals surface area contributed by atoms with Gasteiger partial charge in [0.05, 0.1) is 18.0 Å². The number of hydrogen-bond acceptors (Lipinski definition) is 3. The molecular formula is C12H14N2O2. The number of hydrogen-bond donors (Lipinski definition) is 2. The SMILES string of the molecule is Cc1cccc2c1NC(=O)C1(CCOC1)N2. The van der Waals surface area contributed by atoms with E-state index in [9.17, 15) is 4.79 Å². The van der Waals surface area contributed by atoms with Crippen LogP contribution >= 0.6 is 0 Å². The first-order valence-corrected chi connectivity index (χ1v) is 5.48. The third kappa shape index (κ3) is 1.23. The molecule has 1 amide bonds. The molecule has 2 N–H and O–H groups in total. The summed E-state index contributed by atoms with van der Waals surface area (Å²) in [5, 5.41) is 6.31. The van der Waals surface area contributed by atoms with E-state index >= 15 is 0 Å². The molecule has 0 aromatic heterocycles. The summed E-state index contributed by atoms with van der Waals surface area (Å²) in [6.07, 6.45) is 0.728. The summed E-state index contributed by atoms with van der Waals surface area (Å²) in [5.41, 5.74) is 2.41. The van der Waals surface area contributed by atoms with Crippen molar-refractivity contribution in [2.24, 2.45) is 0 Å². The Labute approximate surface area is 94.0 Å². The van der Waals surface area contributed by atoms with Crippen LogP contribution in [0.2, 0.25) is 0 Å². The van der Waals surface area contributed by atoms with Gasteiger partial charge in [0.25, 0.3) is 5.91 Å². The van der Waals surface area contributed by atoms with E-state index in [1.165, 1.54) is 0 Å². The van der Waals surface area contributed by atoms with Crippen LogP contribution in [-0.4, -0.2) is 24.7 Å². The summed E-state index contributed by atoms with van der Waals surface area (Å²) in [6.45, 7) is 3.08. The van der Waals surface area contributed by atoms with E-state index in [1.54, 1.807) is 0 Å². The average Bonchev–Trinajstić information content (AvgIpc) is 2.71. The zero-order valence-corrected chi connectivity index (χ0v) is 9.17. The Balaban J connectivity index is 2.05. The lowest BCUT2D eigenvalue weighted by Crippen LogP contribution is -2.53. The van der Waals surface area contributed by atoms with Crippen molar-refractivity contribution in [2.75, 3.05) is 23.8 Å². The van der Waals surface area contributed by atoms with Crippen molar-refractivity contribution in [3.8, 4) is 0 Å². The number of amides is 1. The summed E-state index contributed by atoms with van der Waals surface area (Å²) in [7, 11) is 0. The topological polar surface area (TPSA) is 50.4 Å². The molecule has 1 saturated heterocycles. The van der Waals surface area contributed by atoms with Crippen LogP contribution in [0.25, 0.3) is 0 Å². The second-order valence-corrected chi connectivity index (χ2v) is 4.46. The molecule has 2 aliphatic heterocycles. The number of aryl methyl sites for hydroxylation is 1. The van der Waals surface area contributed by atoms with Crippen LogP contribution in [0.4, 0.5) is 11.4 Å². The second-order valence-electron chi connectivity index (χ2n) is 4.46. The lowest BCUT2D eigenvalue weighted by molar-refractivity contribution is -0.120. The maximum Gasteiger partial charge on any atom is 0.252 e. The molecule has 0 aliphatic carbocycles. The normalized spacial score (nSPS) is 27.4. The molecule has 84 valence electrons. The van der Waals surface area contributed by atoms with Gasteiger partial charge in [-0.2, -0.15) is 0 Å². The molecule has 1 spiro atoms. The van der Waals surface area contributed by atoms with Gasteiger partial charge in [-0.25, -0.2) is 0 Å². The molecule has 16 heavy (non-hydrogen) atoms. The van der Waals surface area contributed by atoms with Gasteiger partial charge in [0, 0.05) is 13.0 Å². The summed E-state index contributed by atoms with van der Waals surface area (Å²) in [6, 6.07) is 5.97. The van der Waals surface area contributed by atoms with Gasteiger partial charge in [-0.15, -0.1) is 0 Å². The van der Waals surface area contributed by atoms with Crippen molar-refractivity contribution in [2.45, 2.75) is 18.9 Å². The number of fused-ring (bicyclic) bond motifs is 1. The Morgan fingerprint density at radius 1 is 1.44 bits per heavy atom. The molecule has 4 heteroatoms. The number of anilines is 2. The van der Waals surface area contributed by atoms with Gasteiger partial charge in [0.2, 0.25) is 0 Å². The standard InChI is InChI=1S/C12H14N2O2/c1-8-3-2-4-9-10(8)13-11(15)12(14-9)5-6-16-7-12/h2-4,14H,5-7H2,1H3,(H,13,15). The zero-order valence-electron chi connectivity index (χ0n) is 9.17. The van der Waals surface area contributed by atoms with Crippen molar-refractivity contribution in [1.29, 1.82) is 0 Å². The average molecular weight is 218 g/mol. The summed E-state index contributed by atoms with van der Waals surface area (Å²) in [4.78, 5) is 12.1. The molecule has 3 rings (SSSR count). The maximum absolute atomic E-state index is 12.1. The van der Waals surface area contributed by atoms with Gasteiger partial charge >= 0.3 is 0 Å². The molecule has 1 fully saturated rings. The minimum atomic E-state index is -0.555. The molecule has 0 saturated carbocycles. The number of rotatable bonds is 0. The third-order valence-corrected chi connectivity index (χ3v) is 3.34. The summed E-state index contributed by atoms with van der Waals surface area (Å²) < 4.78 is 5.33. The van der Waals surface area contributed by atoms with Crippen LogP contribution < -0.4 is 10.6 Å². The summed E-state index contributed by atoms with van der Waals surface area (Å²) in [5.74, 6) is 0.0202. The highest BCUT2D eigenvalue weighted by Crippen LogP contribution is 2.36. The van der Waals surface area contributed by atoms with Crippen LogP contribution in [0.5, 0.6) is 0 Å². The Hall–Kier alpha value is -1.55. The predicted octanol–water partition coefficient (Wildman–Crippen LogP) is 1.52.